The number of aryl methyl sites for hydroxylation is 4. The second kappa shape index (κ2) is 12.9. The smallest absolute Gasteiger partial charge is 0.509 e. The van der Waals surface area contributed by atoms with Crippen LogP contribution in [-0.2, 0) is 32.9 Å². The Bertz CT molecular complexity index is 2280. The Hall–Kier alpha value is -4.47. The Balaban J connectivity index is 0.00000401. The molecule has 0 amide bonds. The van der Waals surface area contributed by atoms with E-state index in [9.17, 15) is 0 Å². The largest absolute Gasteiger partial charge is 2.00 e. The second-order valence-corrected chi connectivity index (χ2v) is 13.5. The van der Waals surface area contributed by atoms with Crippen LogP contribution in [-0.4, -0.2) is 19.3 Å². The van der Waals surface area contributed by atoms with Gasteiger partial charge in [0.05, 0.1) is 5.69 Å². The maximum Gasteiger partial charge on any atom is 2.00 e. The summed E-state index contributed by atoms with van der Waals surface area (Å²) in [5.74, 6) is 2.11. The van der Waals surface area contributed by atoms with Gasteiger partial charge in [0.1, 0.15) is 5.82 Å². The first-order chi connectivity index (χ1) is 22.5. The Labute approximate surface area is 297 Å². The SMILES string of the molecule is CCc1ccnc(-n2c3[c-]c(Oc4[c-]c(-n5nc(C)c(-c6c(C)cccc6C)c5C)cc(C(C)(C)C)c4)ccc3c3ccccc32)c1.[Pt+2]. The Morgan fingerprint density at radius 3 is 2.25 bits per heavy atom. The van der Waals surface area contributed by atoms with Gasteiger partial charge in [0.2, 0.25) is 0 Å². The monoisotopic (exact) mass is 811 g/mol. The van der Waals surface area contributed by atoms with Crippen LogP contribution in [0.5, 0.6) is 11.5 Å². The molecule has 0 bridgehead atoms. The van der Waals surface area contributed by atoms with Gasteiger partial charge < -0.3 is 9.30 Å². The van der Waals surface area contributed by atoms with Crippen LogP contribution in [0.3, 0.4) is 0 Å². The molecule has 0 saturated carbocycles. The van der Waals surface area contributed by atoms with Crippen LogP contribution in [0, 0.1) is 39.8 Å². The molecule has 0 aliphatic carbocycles. The molecule has 0 atom stereocenters. The maximum atomic E-state index is 6.63. The van der Waals surface area contributed by atoms with Crippen molar-refractivity contribution in [2.24, 2.45) is 0 Å². The zero-order chi connectivity index (χ0) is 33.0. The van der Waals surface area contributed by atoms with Crippen LogP contribution in [0.1, 0.15) is 61.3 Å². The van der Waals surface area contributed by atoms with E-state index < -0.39 is 0 Å². The minimum Gasteiger partial charge on any atom is -0.509 e. The fourth-order valence-electron chi connectivity index (χ4n) is 6.67. The molecule has 0 aliphatic rings. The summed E-state index contributed by atoms with van der Waals surface area (Å²) < 4.78 is 10.8. The molecule has 3 aromatic heterocycles. The summed E-state index contributed by atoms with van der Waals surface area (Å²) in [6.45, 7) is 17.4. The third-order valence-corrected chi connectivity index (χ3v) is 9.17. The number of benzene rings is 4. The maximum absolute atomic E-state index is 6.63. The van der Waals surface area contributed by atoms with Gasteiger partial charge in [-0.3, -0.25) is 4.68 Å². The number of aromatic nitrogens is 4. The van der Waals surface area contributed by atoms with E-state index in [0.29, 0.717) is 11.5 Å². The topological polar surface area (TPSA) is 44.9 Å². The Kier molecular flexibility index (Phi) is 8.95. The molecule has 244 valence electrons. The van der Waals surface area contributed by atoms with Gasteiger partial charge in [0.15, 0.2) is 0 Å². The molecule has 0 radical (unpaired) electrons. The fraction of sp³-hybridized carbons (Fsp3) is 0.238. The zero-order valence-corrected chi connectivity index (χ0v) is 31.1. The third-order valence-electron chi connectivity index (χ3n) is 9.17. The molecule has 4 aromatic carbocycles. The number of para-hydroxylation sites is 1. The van der Waals surface area contributed by atoms with Gasteiger partial charge in [0, 0.05) is 34.5 Å². The molecule has 48 heavy (non-hydrogen) atoms. The molecule has 3 heterocycles. The summed E-state index contributed by atoms with van der Waals surface area (Å²) in [5, 5.41) is 7.30. The summed E-state index contributed by atoms with van der Waals surface area (Å²) in [7, 11) is 0. The molecule has 0 N–H and O–H groups in total. The van der Waals surface area contributed by atoms with Crippen LogP contribution >= 0.6 is 0 Å². The van der Waals surface area contributed by atoms with Crippen molar-refractivity contribution in [2.75, 3.05) is 0 Å². The van der Waals surface area contributed by atoms with E-state index in [0.717, 1.165) is 56.7 Å². The molecule has 0 unspecified atom stereocenters. The number of hydrogen-bond donors (Lipinski definition) is 0. The average Bonchev–Trinajstić information content (AvgIpc) is 3.53. The number of pyridine rings is 1. The van der Waals surface area contributed by atoms with Crippen molar-refractivity contribution in [2.45, 2.75) is 67.2 Å². The molecule has 7 rings (SSSR count). The third kappa shape index (κ3) is 5.90. The minimum atomic E-state index is -0.121. The standard InChI is InChI=1S/C42H40N4O.Pt/c1-9-30-19-20-43-39(21-30)45-37-16-11-10-15-35(37)36-18-17-33(25-38(36)45)47-34-23-31(42(6,7)8)22-32(24-34)46-29(5)41(28(4)44-46)40-26(2)13-12-14-27(40)3;/h10-23H,9H2,1-8H3;/q-2;+2. The number of hydrogen-bond acceptors (Lipinski definition) is 3. The minimum absolute atomic E-state index is 0. The van der Waals surface area contributed by atoms with Crippen LogP contribution in [0.15, 0.2) is 85.1 Å². The van der Waals surface area contributed by atoms with Gasteiger partial charge in [-0.15, -0.1) is 41.3 Å². The fourth-order valence-corrected chi connectivity index (χ4v) is 6.67. The first-order valence-corrected chi connectivity index (χ1v) is 16.3. The predicted octanol–water partition coefficient (Wildman–Crippen LogP) is 10.5. The summed E-state index contributed by atoms with van der Waals surface area (Å²) in [4.78, 5) is 4.76. The van der Waals surface area contributed by atoms with Crippen LogP contribution in [0.2, 0.25) is 0 Å². The van der Waals surface area contributed by atoms with E-state index in [1.807, 2.05) is 16.9 Å². The van der Waals surface area contributed by atoms with E-state index in [-0.39, 0.29) is 26.5 Å². The van der Waals surface area contributed by atoms with Crippen molar-refractivity contribution in [1.82, 2.24) is 19.3 Å². The number of fused-ring (bicyclic) bond motifs is 3. The molecule has 0 aliphatic heterocycles. The zero-order valence-electron chi connectivity index (χ0n) is 28.8. The number of ether oxygens (including phenoxy) is 1. The van der Waals surface area contributed by atoms with Crippen molar-refractivity contribution < 1.29 is 25.8 Å². The molecule has 0 saturated heterocycles. The second-order valence-electron chi connectivity index (χ2n) is 13.5. The molecule has 6 heteroatoms. The van der Waals surface area contributed by atoms with E-state index in [4.69, 9.17) is 14.8 Å². The summed E-state index contributed by atoms with van der Waals surface area (Å²) in [6.07, 6.45) is 2.82. The first kappa shape index (κ1) is 33.4. The Morgan fingerprint density at radius 2 is 1.52 bits per heavy atom. The van der Waals surface area contributed by atoms with Crippen molar-refractivity contribution in [1.29, 1.82) is 0 Å². The molecule has 5 nitrogen and oxygen atoms in total. The summed E-state index contributed by atoms with van der Waals surface area (Å²) >= 11 is 0. The average molecular weight is 812 g/mol. The van der Waals surface area contributed by atoms with E-state index in [1.165, 1.54) is 27.8 Å². The van der Waals surface area contributed by atoms with Crippen molar-refractivity contribution in [3.63, 3.8) is 0 Å². The van der Waals surface area contributed by atoms with Crippen molar-refractivity contribution in [3.8, 4) is 34.1 Å². The normalized spacial score (nSPS) is 11.7. The van der Waals surface area contributed by atoms with E-state index in [1.54, 1.807) is 0 Å². The molecular formula is C42H40N4OPt. The Morgan fingerprint density at radius 1 is 0.771 bits per heavy atom. The predicted molar refractivity (Wildman–Crippen MR) is 192 cm³/mol. The van der Waals surface area contributed by atoms with Crippen molar-refractivity contribution >= 4 is 21.8 Å². The van der Waals surface area contributed by atoms with Gasteiger partial charge in [-0.25, -0.2) is 4.98 Å². The molecule has 0 fully saturated rings. The van der Waals surface area contributed by atoms with Gasteiger partial charge in [-0.2, -0.15) is 11.2 Å². The van der Waals surface area contributed by atoms with E-state index in [2.05, 4.69) is 145 Å². The van der Waals surface area contributed by atoms with Crippen LogP contribution < -0.4 is 4.74 Å². The van der Waals surface area contributed by atoms with Crippen molar-refractivity contribution in [3.05, 3.63) is 131 Å². The summed E-state index contributed by atoms with van der Waals surface area (Å²) in [5.41, 5.74) is 12.1. The van der Waals surface area contributed by atoms with Crippen LogP contribution in [0.4, 0.5) is 0 Å². The quantitative estimate of drug-likeness (QED) is 0.157. The van der Waals surface area contributed by atoms with Gasteiger partial charge in [0.25, 0.3) is 0 Å². The molecular weight excluding hydrogens is 772 g/mol. The number of rotatable bonds is 6. The molecule has 7 aromatic rings. The van der Waals surface area contributed by atoms with Gasteiger partial charge in [-0.05, 0) is 91.1 Å². The van der Waals surface area contributed by atoms with E-state index >= 15 is 0 Å². The molecule has 0 spiro atoms. The number of nitrogens with zero attached hydrogens (tertiary/aromatic N) is 4. The van der Waals surface area contributed by atoms with Gasteiger partial charge in [-0.1, -0.05) is 69.6 Å². The first-order valence-electron chi connectivity index (χ1n) is 16.3. The summed E-state index contributed by atoms with van der Waals surface area (Å²) in [6, 6.07) is 34.6. The van der Waals surface area contributed by atoms with Crippen LogP contribution in [0.25, 0.3) is 44.4 Å². The van der Waals surface area contributed by atoms with Gasteiger partial charge >= 0.3 is 21.1 Å².